The summed E-state index contributed by atoms with van der Waals surface area (Å²) in [5.74, 6) is 0.412. The lowest BCUT2D eigenvalue weighted by Crippen LogP contribution is -2.47. The fourth-order valence-electron chi connectivity index (χ4n) is 3.13. The first-order valence-electron chi connectivity index (χ1n) is 10.2. The Morgan fingerprint density at radius 2 is 1.20 bits per heavy atom. The molecule has 0 amide bonds. The van der Waals surface area contributed by atoms with E-state index in [4.69, 9.17) is 5.11 Å². The minimum Gasteiger partial charge on any atom is -0.196 e. The molecule has 30 heavy (non-hydrogen) atoms. The van der Waals surface area contributed by atoms with E-state index in [0.717, 1.165) is 0 Å². The predicted molar refractivity (Wildman–Crippen MR) is 113 cm³/mol. The normalized spacial score (nSPS) is 18.6. The van der Waals surface area contributed by atoms with Gasteiger partial charge in [-0.1, -0.05) is 27.7 Å². The molecule has 0 aliphatic carbocycles. The van der Waals surface area contributed by atoms with Crippen LogP contribution in [-0.2, 0) is 0 Å². The number of azo groups is 3. The SMILES string of the molecule is CC(C)CC(C)(C#N)N=[N+](CC(C)(C#N)N=NC(C)(C)C#N)C(C)(C#N)CC(C)C. The number of nitriles is 4. The Morgan fingerprint density at radius 1 is 0.700 bits per heavy atom. The molecular weight excluding hydrogens is 376 g/mol. The van der Waals surface area contributed by atoms with Gasteiger partial charge in [0.2, 0.25) is 17.6 Å². The van der Waals surface area contributed by atoms with Gasteiger partial charge in [-0.2, -0.15) is 31.3 Å². The van der Waals surface area contributed by atoms with Crippen molar-refractivity contribution in [2.75, 3.05) is 6.54 Å². The van der Waals surface area contributed by atoms with Crippen LogP contribution in [0.2, 0.25) is 0 Å². The van der Waals surface area contributed by atoms with Gasteiger partial charge in [-0.15, -0.1) is 4.70 Å². The van der Waals surface area contributed by atoms with Crippen molar-refractivity contribution in [3.8, 4) is 24.3 Å². The summed E-state index contributed by atoms with van der Waals surface area (Å²) in [5, 5.41) is 51.7. The van der Waals surface area contributed by atoms with Crippen molar-refractivity contribution in [3.05, 3.63) is 0 Å². The van der Waals surface area contributed by atoms with E-state index in [2.05, 4.69) is 28.4 Å². The summed E-state index contributed by atoms with van der Waals surface area (Å²) >= 11 is 0. The third kappa shape index (κ3) is 8.26. The van der Waals surface area contributed by atoms with Crippen LogP contribution in [0.1, 0.15) is 75.2 Å². The van der Waals surface area contributed by atoms with Crippen LogP contribution in [0, 0.1) is 57.2 Å². The molecule has 0 saturated carbocycles. The van der Waals surface area contributed by atoms with E-state index in [9.17, 15) is 21.0 Å². The summed E-state index contributed by atoms with van der Waals surface area (Å²) in [7, 11) is 0. The minimum atomic E-state index is -1.35. The van der Waals surface area contributed by atoms with Crippen molar-refractivity contribution in [2.24, 2.45) is 27.2 Å². The molecule has 0 aromatic heterocycles. The van der Waals surface area contributed by atoms with E-state index in [0.29, 0.717) is 12.8 Å². The standard InChI is InChI=1S/C22H35N8/c1-17(2)10-20(7,13-24)29-30(22(9,15-26)11-18(3)4)16-21(8,14-25)28-27-19(5,6)12-23/h17-18H,10-11,16H2,1-9H3/q+1. The Bertz CT molecular complexity index is 827. The molecule has 8 heteroatoms. The molecule has 0 aromatic rings. The van der Waals surface area contributed by atoms with Crippen molar-refractivity contribution in [1.82, 2.24) is 0 Å². The van der Waals surface area contributed by atoms with Gasteiger partial charge in [-0.05, 0) is 51.1 Å². The number of rotatable bonds is 10. The first kappa shape index (κ1) is 27.2. The first-order chi connectivity index (χ1) is 13.6. The smallest absolute Gasteiger partial charge is 0.196 e. The summed E-state index contributed by atoms with van der Waals surface area (Å²) in [6.45, 7) is 16.3. The molecule has 0 aliphatic rings. The van der Waals surface area contributed by atoms with Gasteiger partial charge in [0.25, 0.3) is 5.54 Å². The van der Waals surface area contributed by atoms with Crippen molar-refractivity contribution in [2.45, 2.75) is 97.3 Å². The molecule has 0 aliphatic heterocycles. The lowest BCUT2D eigenvalue weighted by molar-refractivity contribution is -0.659. The third-order valence-electron chi connectivity index (χ3n) is 4.50. The Balaban J connectivity index is 6.56. The van der Waals surface area contributed by atoms with Crippen LogP contribution in [0.4, 0.5) is 0 Å². The van der Waals surface area contributed by atoms with Crippen molar-refractivity contribution < 1.29 is 4.70 Å². The molecule has 0 rings (SSSR count). The topological polar surface area (TPSA) is 135 Å². The fraction of sp³-hybridized carbons (Fsp3) is 0.818. The summed E-state index contributed by atoms with van der Waals surface area (Å²) in [5.41, 5.74) is -4.51. The second-order valence-electron chi connectivity index (χ2n) is 9.88. The van der Waals surface area contributed by atoms with Crippen LogP contribution >= 0.6 is 0 Å². The molecule has 0 N–H and O–H groups in total. The monoisotopic (exact) mass is 411 g/mol. The molecule has 0 heterocycles. The van der Waals surface area contributed by atoms with Gasteiger partial charge in [0.15, 0.2) is 5.54 Å². The van der Waals surface area contributed by atoms with E-state index >= 15 is 0 Å². The molecule has 3 unspecified atom stereocenters. The lowest BCUT2D eigenvalue weighted by atomic mass is 9.89. The van der Waals surface area contributed by atoms with Crippen LogP contribution in [0.3, 0.4) is 0 Å². The maximum Gasteiger partial charge on any atom is 0.269 e. The molecule has 3 atom stereocenters. The Kier molecular flexibility index (Phi) is 9.30. The van der Waals surface area contributed by atoms with Crippen molar-refractivity contribution >= 4 is 0 Å². The zero-order valence-electron chi connectivity index (χ0n) is 19.9. The second kappa shape index (κ2) is 10.3. The molecule has 0 bridgehead atoms. The minimum absolute atomic E-state index is 0.0271. The highest BCUT2D eigenvalue weighted by molar-refractivity contribution is 5.08. The molecule has 0 spiro atoms. The number of nitrogens with zero attached hydrogens (tertiary/aromatic N) is 8. The van der Waals surface area contributed by atoms with Gasteiger partial charge in [-0.25, -0.2) is 0 Å². The number of hydrogen-bond acceptors (Lipinski definition) is 7. The molecule has 162 valence electrons. The van der Waals surface area contributed by atoms with E-state index in [1.807, 2.05) is 33.8 Å². The molecule has 0 fully saturated rings. The van der Waals surface area contributed by atoms with Crippen LogP contribution < -0.4 is 0 Å². The Hall–Kier alpha value is -2.84. The first-order valence-corrected chi connectivity index (χ1v) is 10.2. The predicted octanol–water partition coefficient (Wildman–Crippen LogP) is 5.14. The summed E-state index contributed by atoms with van der Waals surface area (Å²) in [6, 6.07) is 8.75. The van der Waals surface area contributed by atoms with Crippen LogP contribution in [0.25, 0.3) is 0 Å². The van der Waals surface area contributed by atoms with Gasteiger partial charge >= 0.3 is 0 Å². The second-order valence-corrected chi connectivity index (χ2v) is 9.88. The van der Waals surface area contributed by atoms with Crippen LogP contribution in [0.5, 0.6) is 0 Å². The van der Waals surface area contributed by atoms with Gasteiger partial charge in [0.1, 0.15) is 12.1 Å². The summed E-state index contributed by atoms with van der Waals surface area (Å²) < 4.78 is 1.54. The van der Waals surface area contributed by atoms with Crippen LogP contribution in [0.15, 0.2) is 15.3 Å². The molecule has 0 radical (unpaired) electrons. The van der Waals surface area contributed by atoms with Gasteiger partial charge in [0, 0.05) is 13.3 Å². The highest BCUT2D eigenvalue weighted by atomic mass is 15.4. The van der Waals surface area contributed by atoms with Crippen molar-refractivity contribution in [1.29, 1.82) is 21.0 Å². The summed E-state index contributed by atoms with van der Waals surface area (Å²) in [6.07, 6.45) is 1.01. The van der Waals surface area contributed by atoms with Gasteiger partial charge < -0.3 is 0 Å². The van der Waals surface area contributed by atoms with E-state index < -0.39 is 22.2 Å². The molecule has 0 aromatic carbocycles. The molecular formula is C22H35N8+. The Labute approximate surface area is 181 Å². The van der Waals surface area contributed by atoms with Crippen molar-refractivity contribution in [3.63, 3.8) is 0 Å². The van der Waals surface area contributed by atoms with E-state index in [1.165, 1.54) is 0 Å². The lowest BCUT2D eigenvalue weighted by Gasteiger charge is -2.26. The largest absolute Gasteiger partial charge is 0.269 e. The zero-order chi connectivity index (χ0) is 23.8. The fourth-order valence-corrected chi connectivity index (χ4v) is 3.13. The molecule has 0 saturated heterocycles. The Morgan fingerprint density at radius 3 is 1.57 bits per heavy atom. The highest BCUT2D eigenvalue weighted by Gasteiger charge is 2.46. The molecule has 8 nitrogen and oxygen atoms in total. The van der Waals surface area contributed by atoms with E-state index in [-0.39, 0.29) is 18.4 Å². The maximum absolute atomic E-state index is 10.0. The average molecular weight is 412 g/mol. The quantitative estimate of drug-likeness (QED) is 0.363. The van der Waals surface area contributed by atoms with Gasteiger partial charge in [-0.3, -0.25) is 0 Å². The van der Waals surface area contributed by atoms with E-state index in [1.54, 1.807) is 39.3 Å². The maximum atomic E-state index is 10.0. The third-order valence-corrected chi connectivity index (χ3v) is 4.50. The average Bonchev–Trinajstić information content (AvgIpc) is 2.64. The van der Waals surface area contributed by atoms with Crippen LogP contribution in [-0.4, -0.2) is 33.4 Å². The van der Waals surface area contributed by atoms with Gasteiger partial charge in [0.05, 0.1) is 12.1 Å². The highest BCUT2D eigenvalue weighted by Crippen LogP contribution is 2.28. The summed E-state index contributed by atoms with van der Waals surface area (Å²) in [4.78, 5) is 0. The zero-order valence-corrected chi connectivity index (χ0v) is 19.9. The number of hydrogen-bond donors (Lipinski definition) is 0.